The number of ether oxygens (including phenoxy) is 1. The fraction of sp³-hybridized carbons (Fsp3) is 0.538. The van der Waals surface area contributed by atoms with E-state index < -0.39 is 0 Å². The number of halogens is 3. The quantitative estimate of drug-likeness (QED) is 0.759. The SMILES string of the molecule is CC1OCCC1(CCl)Cc1ccc(F)c(Br)c1. The molecule has 0 spiro atoms. The van der Waals surface area contributed by atoms with Crippen molar-refractivity contribution in [3.8, 4) is 0 Å². The standard InChI is InChI=1S/C13H15BrClFO/c1-9-13(8-15,4-5-17-9)7-10-2-3-12(16)11(14)6-10/h2-3,6,9H,4-5,7-8H2,1H3. The normalized spacial score (nSPS) is 28.6. The molecule has 2 rings (SSSR count). The molecule has 1 aromatic rings. The smallest absolute Gasteiger partial charge is 0.137 e. The van der Waals surface area contributed by atoms with E-state index in [1.54, 1.807) is 0 Å². The number of rotatable bonds is 3. The Morgan fingerprint density at radius 2 is 2.35 bits per heavy atom. The van der Waals surface area contributed by atoms with Gasteiger partial charge in [0.25, 0.3) is 0 Å². The summed E-state index contributed by atoms with van der Waals surface area (Å²) in [5.74, 6) is 0.341. The van der Waals surface area contributed by atoms with Crippen LogP contribution in [-0.4, -0.2) is 18.6 Å². The van der Waals surface area contributed by atoms with E-state index in [4.69, 9.17) is 16.3 Å². The van der Waals surface area contributed by atoms with Crippen molar-refractivity contribution >= 4 is 27.5 Å². The van der Waals surface area contributed by atoms with E-state index in [-0.39, 0.29) is 17.3 Å². The molecule has 0 saturated carbocycles. The van der Waals surface area contributed by atoms with Gasteiger partial charge in [0, 0.05) is 17.9 Å². The molecular formula is C13H15BrClFO. The maximum absolute atomic E-state index is 13.2. The average Bonchev–Trinajstić information content (AvgIpc) is 2.66. The molecule has 0 aliphatic carbocycles. The summed E-state index contributed by atoms with van der Waals surface area (Å²) in [6, 6.07) is 5.13. The third kappa shape index (κ3) is 2.67. The Morgan fingerprint density at radius 1 is 1.59 bits per heavy atom. The van der Waals surface area contributed by atoms with Crippen molar-refractivity contribution in [3.05, 3.63) is 34.1 Å². The van der Waals surface area contributed by atoms with Gasteiger partial charge in [-0.3, -0.25) is 0 Å². The lowest BCUT2D eigenvalue weighted by molar-refractivity contribution is 0.0735. The van der Waals surface area contributed by atoms with Gasteiger partial charge in [0.1, 0.15) is 5.82 Å². The first-order valence-corrected chi connectivity index (χ1v) is 7.02. The lowest BCUT2D eigenvalue weighted by atomic mass is 9.78. The highest BCUT2D eigenvalue weighted by Crippen LogP contribution is 2.39. The van der Waals surface area contributed by atoms with Gasteiger partial charge in [-0.15, -0.1) is 11.6 Å². The van der Waals surface area contributed by atoms with Gasteiger partial charge in [-0.2, -0.15) is 0 Å². The Morgan fingerprint density at radius 3 is 2.88 bits per heavy atom. The van der Waals surface area contributed by atoms with Gasteiger partial charge in [0.15, 0.2) is 0 Å². The maximum Gasteiger partial charge on any atom is 0.137 e. The summed E-state index contributed by atoms with van der Waals surface area (Å²) in [5.41, 5.74) is 1.08. The van der Waals surface area contributed by atoms with Crippen LogP contribution in [0.1, 0.15) is 18.9 Å². The number of hydrogen-bond donors (Lipinski definition) is 0. The highest BCUT2D eigenvalue weighted by atomic mass is 79.9. The van der Waals surface area contributed by atoms with E-state index in [2.05, 4.69) is 22.9 Å². The van der Waals surface area contributed by atoms with Crippen molar-refractivity contribution in [2.75, 3.05) is 12.5 Å². The van der Waals surface area contributed by atoms with E-state index in [0.717, 1.165) is 25.0 Å². The number of alkyl halides is 1. The van der Waals surface area contributed by atoms with Crippen molar-refractivity contribution in [1.29, 1.82) is 0 Å². The molecule has 0 aromatic heterocycles. The predicted octanol–water partition coefficient (Wildman–Crippen LogP) is 4.16. The van der Waals surface area contributed by atoms with Gasteiger partial charge in [0.2, 0.25) is 0 Å². The zero-order valence-corrected chi connectivity index (χ0v) is 12.0. The van der Waals surface area contributed by atoms with Crippen LogP contribution < -0.4 is 0 Å². The Balaban J connectivity index is 2.21. The highest BCUT2D eigenvalue weighted by molar-refractivity contribution is 9.10. The summed E-state index contributed by atoms with van der Waals surface area (Å²) in [6.07, 6.45) is 1.95. The molecule has 1 aromatic carbocycles. The molecule has 1 saturated heterocycles. The fourth-order valence-electron chi connectivity index (χ4n) is 2.33. The first-order valence-electron chi connectivity index (χ1n) is 5.69. The minimum absolute atomic E-state index is 0.0151. The van der Waals surface area contributed by atoms with Crippen LogP contribution in [0.25, 0.3) is 0 Å². The van der Waals surface area contributed by atoms with Crippen LogP contribution in [0.15, 0.2) is 22.7 Å². The van der Waals surface area contributed by atoms with Gasteiger partial charge >= 0.3 is 0 Å². The average molecular weight is 322 g/mol. The van der Waals surface area contributed by atoms with Crippen LogP contribution in [0.3, 0.4) is 0 Å². The van der Waals surface area contributed by atoms with Gasteiger partial charge in [-0.25, -0.2) is 4.39 Å². The molecule has 1 heterocycles. The second-order valence-corrected chi connectivity index (χ2v) is 5.81. The van der Waals surface area contributed by atoms with E-state index in [1.807, 2.05) is 12.1 Å². The summed E-state index contributed by atoms with van der Waals surface area (Å²) in [4.78, 5) is 0. The largest absolute Gasteiger partial charge is 0.378 e. The Labute approximate surface area is 114 Å². The molecule has 2 atom stereocenters. The molecule has 1 nitrogen and oxygen atoms in total. The summed E-state index contributed by atoms with van der Waals surface area (Å²) in [7, 11) is 0. The Hall–Kier alpha value is -0.120. The monoisotopic (exact) mass is 320 g/mol. The molecule has 4 heteroatoms. The fourth-order valence-corrected chi connectivity index (χ4v) is 3.20. The van der Waals surface area contributed by atoms with Crippen LogP contribution in [-0.2, 0) is 11.2 Å². The molecule has 0 radical (unpaired) electrons. The topological polar surface area (TPSA) is 9.23 Å². The van der Waals surface area contributed by atoms with E-state index in [1.165, 1.54) is 6.07 Å². The third-order valence-electron chi connectivity index (χ3n) is 3.64. The van der Waals surface area contributed by atoms with E-state index >= 15 is 0 Å². The first-order chi connectivity index (χ1) is 8.07. The van der Waals surface area contributed by atoms with Crippen LogP contribution in [0.4, 0.5) is 4.39 Å². The summed E-state index contributed by atoms with van der Waals surface area (Å²) < 4.78 is 19.3. The highest BCUT2D eigenvalue weighted by Gasteiger charge is 2.40. The second kappa shape index (κ2) is 5.25. The zero-order valence-electron chi connectivity index (χ0n) is 9.68. The van der Waals surface area contributed by atoms with Gasteiger partial charge < -0.3 is 4.74 Å². The van der Waals surface area contributed by atoms with Crippen molar-refractivity contribution in [2.45, 2.75) is 25.9 Å². The molecule has 94 valence electrons. The maximum atomic E-state index is 13.2. The molecule has 1 aliphatic rings. The lowest BCUT2D eigenvalue weighted by Crippen LogP contribution is -2.33. The predicted molar refractivity (Wildman–Crippen MR) is 71.0 cm³/mol. The zero-order chi connectivity index (χ0) is 12.5. The molecular weight excluding hydrogens is 306 g/mol. The minimum atomic E-state index is -0.232. The number of benzene rings is 1. The Kier molecular flexibility index (Phi) is 4.11. The molecule has 0 bridgehead atoms. The summed E-state index contributed by atoms with van der Waals surface area (Å²) >= 11 is 9.33. The molecule has 1 aliphatic heterocycles. The Bertz CT molecular complexity index is 412. The molecule has 1 fully saturated rings. The van der Waals surface area contributed by atoms with Gasteiger partial charge in [-0.05, 0) is 53.4 Å². The first kappa shape index (κ1) is 13.3. The van der Waals surface area contributed by atoms with Gasteiger partial charge in [0.05, 0.1) is 10.6 Å². The van der Waals surface area contributed by atoms with Crippen molar-refractivity contribution < 1.29 is 9.13 Å². The van der Waals surface area contributed by atoms with Crippen molar-refractivity contribution in [2.24, 2.45) is 5.41 Å². The minimum Gasteiger partial charge on any atom is -0.378 e. The third-order valence-corrected chi connectivity index (χ3v) is 4.78. The summed E-state index contributed by atoms with van der Waals surface area (Å²) in [6.45, 7) is 2.82. The molecule has 0 N–H and O–H groups in total. The van der Waals surface area contributed by atoms with Crippen molar-refractivity contribution in [3.63, 3.8) is 0 Å². The van der Waals surface area contributed by atoms with Crippen LogP contribution >= 0.6 is 27.5 Å². The van der Waals surface area contributed by atoms with Crippen LogP contribution in [0.5, 0.6) is 0 Å². The van der Waals surface area contributed by atoms with E-state index in [0.29, 0.717) is 10.4 Å². The summed E-state index contributed by atoms with van der Waals surface area (Å²) in [5, 5.41) is 0. The number of hydrogen-bond acceptors (Lipinski definition) is 1. The van der Waals surface area contributed by atoms with Crippen molar-refractivity contribution in [1.82, 2.24) is 0 Å². The second-order valence-electron chi connectivity index (χ2n) is 4.68. The van der Waals surface area contributed by atoms with Gasteiger partial charge in [-0.1, -0.05) is 6.07 Å². The lowest BCUT2D eigenvalue weighted by Gasteiger charge is -2.30. The van der Waals surface area contributed by atoms with Crippen LogP contribution in [0, 0.1) is 11.2 Å². The molecule has 17 heavy (non-hydrogen) atoms. The van der Waals surface area contributed by atoms with Crippen LogP contribution in [0.2, 0.25) is 0 Å². The van der Waals surface area contributed by atoms with E-state index in [9.17, 15) is 4.39 Å². The molecule has 0 amide bonds. The molecule has 2 unspecified atom stereocenters.